The van der Waals surface area contributed by atoms with Crippen molar-refractivity contribution in [2.75, 3.05) is 12.3 Å². The first-order valence-corrected chi connectivity index (χ1v) is 3.86. The summed E-state index contributed by atoms with van der Waals surface area (Å²) in [7, 11) is -0.826. The Morgan fingerprint density at radius 3 is 1.50 bits per heavy atom. The number of hydrogen-bond donors (Lipinski definition) is 0. The molecule has 0 saturated heterocycles. The minimum absolute atomic E-state index is 0. The predicted molar refractivity (Wildman–Crippen MR) is 33.8 cm³/mol. The molecule has 0 unspecified atom stereocenters. The van der Waals surface area contributed by atoms with E-state index in [0.717, 1.165) is 12.3 Å². The molecule has 0 amide bonds. The average molecular weight is 165 g/mol. The fourth-order valence-electron chi connectivity index (χ4n) is 0.224. The second-order valence-electron chi connectivity index (χ2n) is 1.11. The van der Waals surface area contributed by atoms with Gasteiger partial charge in [-0.2, -0.15) is 0 Å². The first-order chi connectivity index (χ1) is 2.81. The zero-order valence-corrected chi connectivity index (χ0v) is 8.42. The third kappa shape index (κ3) is 10.4. The van der Waals surface area contributed by atoms with E-state index in [9.17, 15) is 4.89 Å². The van der Waals surface area contributed by atoms with Crippen LogP contribution < -0.4 is 17.3 Å². The molecule has 0 aliphatic rings. The van der Waals surface area contributed by atoms with Crippen molar-refractivity contribution in [2.45, 2.75) is 13.8 Å². The molecule has 0 spiro atoms. The molecule has 1 nitrogen and oxygen atoms in total. The van der Waals surface area contributed by atoms with Crippen LogP contribution in [-0.2, 0) is 0 Å². The molecule has 0 rings (SSSR count). The van der Waals surface area contributed by atoms with Crippen LogP contribution in [0.3, 0.4) is 0 Å². The van der Waals surface area contributed by atoms with E-state index < -0.39 is 8.15 Å². The minimum atomic E-state index is -0.826. The molecule has 0 heterocycles. The van der Waals surface area contributed by atoms with Gasteiger partial charge in [-0.3, -0.25) is 0 Å². The molecule has 0 aliphatic heterocycles. The maximum Gasteiger partial charge on any atom is 2.00 e. The third-order valence-corrected chi connectivity index (χ3v) is 2.12. The quantitative estimate of drug-likeness (QED) is 0.325. The van der Waals surface area contributed by atoms with Gasteiger partial charge >= 0.3 is 23.1 Å². The second kappa shape index (κ2) is 11.3. The Labute approximate surface area is 74.6 Å². The Morgan fingerprint density at radius 1 is 1.25 bits per heavy atom. The molecule has 0 aromatic rings. The summed E-state index contributed by atoms with van der Waals surface area (Å²) in [6, 6.07) is 0. The van der Waals surface area contributed by atoms with Gasteiger partial charge in [0.1, 0.15) is 0 Å². The Balaban J connectivity index is -0.000000125. The first-order valence-electron chi connectivity index (χ1n) is 2.23. The summed E-state index contributed by atoms with van der Waals surface area (Å²) >= 11 is 0. The number of rotatable bonds is 2. The van der Waals surface area contributed by atoms with Gasteiger partial charge in [0, 0.05) is 0 Å². The standard InChI is InChI=1S/C4H10OP.ClH.Mg/c1-3-6(5)4-2;;/h3-4H2,1-2H3;1H;/q-1;;+2/p-1. The van der Waals surface area contributed by atoms with Gasteiger partial charge in [0.05, 0.1) is 0 Å². The Morgan fingerprint density at radius 2 is 1.50 bits per heavy atom. The molecule has 0 bridgehead atoms. The van der Waals surface area contributed by atoms with Gasteiger partial charge in [0.2, 0.25) is 0 Å². The zero-order chi connectivity index (χ0) is 4.99. The molecule has 0 aromatic heterocycles. The molecule has 0 saturated carbocycles. The van der Waals surface area contributed by atoms with Crippen LogP contribution in [0.15, 0.2) is 0 Å². The van der Waals surface area contributed by atoms with E-state index in [-0.39, 0.29) is 35.5 Å². The van der Waals surface area contributed by atoms with Crippen molar-refractivity contribution in [2.24, 2.45) is 0 Å². The summed E-state index contributed by atoms with van der Waals surface area (Å²) < 4.78 is 0. The van der Waals surface area contributed by atoms with Crippen molar-refractivity contribution in [1.29, 1.82) is 0 Å². The number of halogens is 1. The summed E-state index contributed by atoms with van der Waals surface area (Å²) in [4.78, 5) is 10.3. The monoisotopic (exact) mass is 164 g/mol. The summed E-state index contributed by atoms with van der Waals surface area (Å²) in [6.45, 7) is 3.89. The van der Waals surface area contributed by atoms with Crippen molar-refractivity contribution in [3.8, 4) is 0 Å². The van der Waals surface area contributed by atoms with Gasteiger partial charge in [-0.25, -0.2) is 8.15 Å². The van der Waals surface area contributed by atoms with Crippen LogP contribution in [0.5, 0.6) is 0 Å². The molecule has 4 heteroatoms. The van der Waals surface area contributed by atoms with E-state index in [1.165, 1.54) is 0 Å². The minimum Gasteiger partial charge on any atom is -1.00 e. The van der Waals surface area contributed by atoms with E-state index in [4.69, 9.17) is 0 Å². The van der Waals surface area contributed by atoms with E-state index in [1.807, 2.05) is 13.8 Å². The van der Waals surface area contributed by atoms with E-state index >= 15 is 0 Å². The van der Waals surface area contributed by atoms with Crippen molar-refractivity contribution in [3.05, 3.63) is 0 Å². The molecule has 0 aliphatic carbocycles. The van der Waals surface area contributed by atoms with Crippen LogP contribution in [0.2, 0.25) is 0 Å². The predicted octanol–water partition coefficient (Wildman–Crippen LogP) is -2.59. The van der Waals surface area contributed by atoms with Crippen LogP contribution in [0, 0.1) is 0 Å². The van der Waals surface area contributed by atoms with E-state index in [0.29, 0.717) is 0 Å². The normalized spacial score (nSPS) is 7.50. The summed E-state index contributed by atoms with van der Waals surface area (Å²) in [5, 5.41) is 0. The van der Waals surface area contributed by atoms with Gasteiger partial charge < -0.3 is 17.3 Å². The molecule has 0 radical (unpaired) electrons. The van der Waals surface area contributed by atoms with Crippen molar-refractivity contribution in [3.63, 3.8) is 0 Å². The van der Waals surface area contributed by atoms with E-state index in [2.05, 4.69) is 0 Å². The van der Waals surface area contributed by atoms with Gasteiger partial charge in [-0.05, 0) is 12.3 Å². The second-order valence-corrected chi connectivity index (χ2v) is 3.34. The Hall–Kier alpha value is 1.45. The molecule has 0 aromatic carbocycles. The maximum absolute atomic E-state index is 10.3. The van der Waals surface area contributed by atoms with Crippen molar-refractivity contribution >= 4 is 31.2 Å². The molecule has 0 atom stereocenters. The Kier molecular flexibility index (Phi) is 22.8. The number of hydrogen-bond acceptors (Lipinski definition) is 1. The zero-order valence-electron chi connectivity index (χ0n) is 5.35. The maximum atomic E-state index is 10.3. The van der Waals surface area contributed by atoms with Gasteiger partial charge in [0.25, 0.3) is 0 Å². The van der Waals surface area contributed by atoms with E-state index in [1.54, 1.807) is 0 Å². The summed E-state index contributed by atoms with van der Waals surface area (Å²) in [5.74, 6) is 0. The SMILES string of the molecule is CCP([O-])CC.[Cl-].[Mg+2]. The molecule has 46 valence electrons. The molecule has 0 N–H and O–H groups in total. The van der Waals surface area contributed by atoms with Crippen LogP contribution in [0.1, 0.15) is 13.8 Å². The third-order valence-electron chi connectivity index (χ3n) is 0.705. The van der Waals surface area contributed by atoms with Crippen LogP contribution in [0.4, 0.5) is 0 Å². The van der Waals surface area contributed by atoms with Crippen molar-refractivity contribution in [1.82, 2.24) is 0 Å². The molecular formula is C4H10ClMgOP. The van der Waals surface area contributed by atoms with Gasteiger partial charge in [-0.15, -0.1) is 0 Å². The first kappa shape index (κ1) is 16.2. The fraction of sp³-hybridized carbons (Fsp3) is 1.00. The largest absolute Gasteiger partial charge is 2.00 e. The van der Waals surface area contributed by atoms with Crippen LogP contribution in [-0.4, -0.2) is 35.4 Å². The van der Waals surface area contributed by atoms with Gasteiger partial charge in [0.15, 0.2) is 0 Å². The Bertz CT molecular complexity index is 35.2. The molecular weight excluding hydrogens is 155 g/mol. The van der Waals surface area contributed by atoms with Crippen molar-refractivity contribution < 1.29 is 17.3 Å². The fourth-order valence-corrected chi connectivity index (χ4v) is 0.671. The average Bonchev–Trinajstić information content (AvgIpc) is 1.65. The molecule has 8 heavy (non-hydrogen) atoms. The van der Waals surface area contributed by atoms with Crippen LogP contribution >= 0.6 is 8.15 Å². The summed E-state index contributed by atoms with van der Waals surface area (Å²) in [5.41, 5.74) is 0. The smallest absolute Gasteiger partial charge is 1.00 e. The molecule has 0 fully saturated rings. The van der Waals surface area contributed by atoms with Gasteiger partial charge in [-0.1, -0.05) is 13.8 Å². The topological polar surface area (TPSA) is 23.1 Å². The summed E-state index contributed by atoms with van der Waals surface area (Å²) in [6.07, 6.45) is 1.68. The van der Waals surface area contributed by atoms with Crippen LogP contribution in [0.25, 0.3) is 0 Å².